The molecule has 90 valence electrons. The fourth-order valence-electron chi connectivity index (χ4n) is 2.27. The molecule has 0 radical (unpaired) electrons. The Bertz CT molecular complexity index is 216. The van der Waals surface area contributed by atoms with Crippen molar-refractivity contribution in [1.29, 1.82) is 0 Å². The van der Waals surface area contributed by atoms with Crippen LogP contribution in [-0.4, -0.2) is 35.3 Å². The second kappa shape index (κ2) is 4.64. The van der Waals surface area contributed by atoms with Gasteiger partial charge in [-0.1, -0.05) is 6.92 Å². The van der Waals surface area contributed by atoms with E-state index in [0.717, 1.165) is 13.0 Å². The lowest BCUT2D eigenvalue weighted by molar-refractivity contribution is -0.0697. The average Bonchev–Trinajstić information content (AvgIpc) is 2.29. The summed E-state index contributed by atoms with van der Waals surface area (Å²) in [5.41, 5.74) is -0.0224. The van der Waals surface area contributed by atoms with E-state index in [1.807, 2.05) is 11.8 Å². The number of nitrogens with one attached hydrogen (secondary N) is 1. The van der Waals surface area contributed by atoms with Gasteiger partial charge in [0.15, 0.2) is 0 Å². The van der Waals surface area contributed by atoms with E-state index < -0.39 is 0 Å². The average molecular weight is 231 g/mol. The zero-order valence-corrected chi connectivity index (χ0v) is 11.7. The molecular weight excluding hydrogens is 206 g/mol. The second-order valence-corrected chi connectivity index (χ2v) is 6.95. The Hall–Kier alpha value is 0.270. The molecule has 1 heterocycles. The first-order valence-electron chi connectivity index (χ1n) is 5.73. The lowest BCUT2D eigenvalue weighted by Gasteiger charge is -2.28. The van der Waals surface area contributed by atoms with Crippen LogP contribution in [0.1, 0.15) is 41.0 Å². The van der Waals surface area contributed by atoms with Gasteiger partial charge in [0, 0.05) is 17.8 Å². The quantitative estimate of drug-likeness (QED) is 0.804. The molecule has 1 N–H and O–H groups in total. The SMILES string of the molecule is CSC(C)CNC1CC(C)(C)OC1(C)C. The molecule has 1 fully saturated rings. The van der Waals surface area contributed by atoms with Gasteiger partial charge in [-0.25, -0.2) is 0 Å². The van der Waals surface area contributed by atoms with E-state index in [-0.39, 0.29) is 11.2 Å². The molecule has 2 atom stereocenters. The topological polar surface area (TPSA) is 21.3 Å². The van der Waals surface area contributed by atoms with Gasteiger partial charge >= 0.3 is 0 Å². The predicted octanol–water partition coefficient (Wildman–Crippen LogP) is 2.67. The normalized spacial score (nSPS) is 30.4. The molecule has 0 aromatic heterocycles. The summed E-state index contributed by atoms with van der Waals surface area (Å²) in [5.74, 6) is 0. The van der Waals surface area contributed by atoms with Crippen molar-refractivity contribution in [2.75, 3.05) is 12.8 Å². The number of rotatable bonds is 4. The molecule has 3 heteroatoms. The van der Waals surface area contributed by atoms with Gasteiger partial charge in [0.1, 0.15) is 0 Å². The van der Waals surface area contributed by atoms with Gasteiger partial charge in [-0.15, -0.1) is 0 Å². The van der Waals surface area contributed by atoms with E-state index in [4.69, 9.17) is 4.74 Å². The van der Waals surface area contributed by atoms with Crippen LogP contribution in [0, 0.1) is 0 Å². The molecule has 0 saturated carbocycles. The third-order valence-corrected chi connectivity index (χ3v) is 4.10. The monoisotopic (exact) mass is 231 g/mol. The Balaban J connectivity index is 2.48. The molecule has 2 nitrogen and oxygen atoms in total. The van der Waals surface area contributed by atoms with Crippen LogP contribution < -0.4 is 5.32 Å². The summed E-state index contributed by atoms with van der Waals surface area (Å²) in [5, 5.41) is 4.30. The van der Waals surface area contributed by atoms with Gasteiger partial charge in [-0.3, -0.25) is 0 Å². The Morgan fingerprint density at radius 2 is 2.00 bits per heavy atom. The van der Waals surface area contributed by atoms with Crippen LogP contribution in [0.3, 0.4) is 0 Å². The fourth-order valence-corrected chi connectivity index (χ4v) is 2.53. The van der Waals surface area contributed by atoms with Gasteiger partial charge in [0.05, 0.1) is 11.2 Å². The molecule has 1 rings (SSSR count). The predicted molar refractivity (Wildman–Crippen MR) is 68.6 cm³/mol. The number of hydrogen-bond donors (Lipinski definition) is 1. The minimum Gasteiger partial charge on any atom is -0.368 e. The summed E-state index contributed by atoms with van der Waals surface area (Å²) in [6.07, 6.45) is 3.26. The first-order chi connectivity index (χ1) is 6.77. The minimum absolute atomic E-state index is 0.0176. The van der Waals surface area contributed by atoms with Gasteiger partial charge < -0.3 is 10.1 Å². The highest BCUT2D eigenvalue weighted by molar-refractivity contribution is 7.99. The highest BCUT2D eigenvalue weighted by atomic mass is 32.2. The number of thioether (sulfide) groups is 1. The summed E-state index contributed by atoms with van der Waals surface area (Å²) in [7, 11) is 0. The van der Waals surface area contributed by atoms with Crippen molar-refractivity contribution in [3.05, 3.63) is 0 Å². The highest BCUT2D eigenvalue weighted by Gasteiger charge is 2.45. The largest absolute Gasteiger partial charge is 0.368 e. The van der Waals surface area contributed by atoms with E-state index in [1.54, 1.807) is 0 Å². The maximum Gasteiger partial charge on any atom is 0.0787 e. The van der Waals surface area contributed by atoms with Crippen LogP contribution in [0.4, 0.5) is 0 Å². The first-order valence-corrected chi connectivity index (χ1v) is 7.02. The second-order valence-electron chi connectivity index (χ2n) is 5.68. The van der Waals surface area contributed by atoms with Gasteiger partial charge in [-0.2, -0.15) is 11.8 Å². The molecule has 1 aliphatic heterocycles. The van der Waals surface area contributed by atoms with Crippen molar-refractivity contribution >= 4 is 11.8 Å². The van der Waals surface area contributed by atoms with Crippen LogP contribution in [0.25, 0.3) is 0 Å². The van der Waals surface area contributed by atoms with Crippen LogP contribution in [-0.2, 0) is 4.74 Å². The fraction of sp³-hybridized carbons (Fsp3) is 1.00. The number of hydrogen-bond acceptors (Lipinski definition) is 3. The van der Waals surface area contributed by atoms with Crippen molar-refractivity contribution in [3.8, 4) is 0 Å². The Labute approximate surface area is 98.5 Å². The standard InChI is InChI=1S/C12H25NOS/c1-9(15-6)8-13-10-7-11(2,3)14-12(10,4)5/h9-10,13H,7-8H2,1-6H3. The number of ether oxygens (including phenoxy) is 1. The molecule has 0 aromatic carbocycles. The zero-order chi connectivity index (χ0) is 11.7. The van der Waals surface area contributed by atoms with Crippen molar-refractivity contribution in [3.63, 3.8) is 0 Å². The molecule has 0 bridgehead atoms. The van der Waals surface area contributed by atoms with Crippen molar-refractivity contribution < 1.29 is 4.74 Å². The van der Waals surface area contributed by atoms with E-state index in [1.165, 1.54) is 0 Å². The first kappa shape index (κ1) is 13.3. The molecule has 0 amide bonds. The highest BCUT2D eigenvalue weighted by Crippen LogP contribution is 2.37. The molecular formula is C12H25NOS. The van der Waals surface area contributed by atoms with Crippen molar-refractivity contribution in [1.82, 2.24) is 5.32 Å². The minimum atomic E-state index is -0.0401. The van der Waals surface area contributed by atoms with Crippen molar-refractivity contribution in [2.45, 2.75) is 63.5 Å². The van der Waals surface area contributed by atoms with E-state index in [2.05, 4.69) is 46.2 Å². The van der Waals surface area contributed by atoms with Gasteiger partial charge in [0.2, 0.25) is 0 Å². The smallest absolute Gasteiger partial charge is 0.0787 e. The summed E-state index contributed by atoms with van der Waals surface area (Å²) in [4.78, 5) is 0. The zero-order valence-electron chi connectivity index (χ0n) is 10.9. The maximum absolute atomic E-state index is 6.05. The summed E-state index contributed by atoms with van der Waals surface area (Å²) >= 11 is 1.90. The lowest BCUT2D eigenvalue weighted by Crippen LogP contribution is -2.45. The Morgan fingerprint density at radius 1 is 1.40 bits per heavy atom. The molecule has 0 aliphatic carbocycles. The van der Waals surface area contributed by atoms with Gasteiger partial charge in [-0.05, 0) is 40.4 Å². The summed E-state index contributed by atoms with van der Waals surface area (Å²) in [6.45, 7) is 12.0. The summed E-state index contributed by atoms with van der Waals surface area (Å²) < 4.78 is 6.05. The van der Waals surface area contributed by atoms with Crippen molar-refractivity contribution in [2.24, 2.45) is 0 Å². The summed E-state index contributed by atoms with van der Waals surface area (Å²) in [6, 6.07) is 0.474. The third kappa shape index (κ3) is 3.65. The van der Waals surface area contributed by atoms with E-state index >= 15 is 0 Å². The Morgan fingerprint density at radius 3 is 2.40 bits per heavy atom. The maximum atomic E-state index is 6.05. The van der Waals surface area contributed by atoms with Crippen LogP contribution >= 0.6 is 11.8 Å². The van der Waals surface area contributed by atoms with Crippen LogP contribution in [0.15, 0.2) is 0 Å². The lowest BCUT2D eigenvalue weighted by atomic mass is 9.94. The van der Waals surface area contributed by atoms with E-state index in [0.29, 0.717) is 11.3 Å². The molecule has 2 unspecified atom stereocenters. The van der Waals surface area contributed by atoms with Crippen LogP contribution in [0.5, 0.6) is 0 Å². The molecule has 1 aliphatic rings. The third-order valence-electron chi connectivity index (χ3n) is 3.13. The van der Waals surface area contributed by atoms with E-state index in [9.17, 15) is 0 Å². The molecule has 15 heavy (non-hydrogen) atoms. The van der Waals surface area contributed by atoms with Gasteiger partial charge in [0.25, 0.3) is 0 Å². The van der Waals surface area contributed by atoms with Crippen LogP contribution in [0.2, 0.25) is 0 Å². The molecule has 1 saturated heterocycles. The molecule has 0 spiro atoms. The Kier molecular flexibility index (Phi) is 4.13. The molecule has 0 aromatic rings.